The first-order valence-corrected chi connectivity index (χ1v) is 7.07. The smallest absolute Gasteiger partial charge is 0.327 e. The number of hydrogen-bond acceptors (Lipinski definition) is 5. The summed E-state index contributed by atoms with van der Waals surface area (Å²) in [5, 5.41) is 7.55. The quantitative estimate of drug-likeness (QED) is 0.717. The van der Waals surface area contributed by atoms with E-state index in [-0.39, 0.29) is 5.97 Å². The van der Waals surface area contributed by atoms with Gasteiger partial charge in [0, 0.05) is 31.9 Å². The topological polar surface area (TPSA) is 59.4 Å². The van der Waals surface area contributed by atoms with Crippen LogP contribution in [-0.2, 0) is 16.6 Å². The number of nitrogens with one attached hydrogen (secondary N) is 1. The first-order chi connectivity index (χ1) is 9.53. The van der Waals surface area contributed by atoms with Gasteiger partial charge in [-0.1, -0.05) is 13.8 Å². The minimum Gasteiger partial charge on any atom is -0.468 e. The van der Waals surface area contributed by atoms with Gasteiger partial charge in [0.05, 0.1) is 12.8 Å². The molecule has 6 nitrogen and oxygen atoms in total. The van der Waals surface area contributed by atoms with Gasteiger partial charge >= 0.3 is 5.97 Å². The second-order valence-corrected chi connectivity index (χ2v) is 4.78. The van der Waals surface area contributed by atoms with Gasteiger partial charge in [-0.25, -0.2) is 4.79 Å². The fourth-order valence-corrected chi connectivity index (χ4v) is 2.25. The Morgan fingerprint density at radius 1 is 1.50 bits per heavy atom. The summed E-state index contributed by atoms with van der Waals surface area (Å²) in [6, 6.07) is -0.454. The Kier molecular flexibility index (Phi) is 6.67. The number of rotatable bonds is 8. The van der Waals surface area contributed by atoms with Crippen LogP contribution >= 0.6 is 0 Å². The summed E-state index contributed by atoms with van der Waals surface area (Å²) in [4.78, 5) is 14.3. The van der Waals surface area contributed by atoms with E-state index in [9.17, 15) is 4.79 Å². The van der Waals surface area contributed by atoms with E-state index in [1.807, 2.05) is 20.2 Å². The normalized spacial score (nSPS) is 12.7. The van der Waals surface area contributed by atoms with Gasteiger partial charge in [-0.05, 0) is 20.0 Å². The summed E-state index contributed by atoms with van der Waals surface area (Å²) in [7, 11) is 3.26. The first kappa shape index (κ1) is 16.7. The average Bonchev–Trinajstić information content (AvgIpc) is 2.77. The summed E-state index contributed by atoms with van der Waals surface area (Å²) in [6.07, 6.45) is 1.86. The van der Waals surface area contributed by atoms with Crippen LogP contribution < -0.4 is 5.32 Å². The van der Waals surface area contributed by atoms with Crippen LogP contribution in [-0.4, -0.2) is 53.9 Å². The molecule has 1 atom stereocenters. The molecule has 0 radical (unpaired) electrons. The Bertz CT molecular complexity index is 427. The maximum Gasteiger partial charge on any atom is 0.327 e. The molecule has 0 aliphatic carbocycles. The van der Waals surface area contributed by atoms with Gasteiger partial charge in [0.15, 0.2) is 0 Å². The lowest BCUT2D eigenvalue weighted by Crippen LogP contribution is -2.37. The molecule has 0 aromatic carbocycles. The molecule has 0 spiro atoms. The van der Waals surface area contributed by atoms with Crippen LogP contribution in [0, 0.1) is 6.92 Å². The van der Waals surface area contributed by atoms with Crippen LogP contribution in [0.2, 0.25) is 0 Å². The third-order valence-electron chi connectivity index (χ3n) is 3.47. The van der Waals surface area contributed by atoms with E-state index in [1.54, 1.807) is 4.68 Å². The van der Waals surface area contributed by atoms with E-state index in [4.69, 9.17) is 4.74 Å². The summed E-state index contributed by atoms with van der Waals surface area (Å²) < 4.78 is 6.60. The van der Waals surface area contributed by atoms with E-state index in [2.05, 4.69) is 29.2 Å². The minimum absolute atomic E-state index is 0.277. The Hall–Kier alpha value is -1.40. The van der Waals surface area contributed by atoms with E-state index in [0.29, 0.717) is 0 Å². The van der Waals surface area contributed by atoms with Crippen molar-refractivity contribution >= 4 is 5.97 Å². The molecule has 6 heteroatoms. The zero-order chi connectivity index (χ0) is 15.1. The number of aromatic nitrogens is 2. The van der Waals surface area contributed by atoms with Gasteiger partial charge in [-0.15, -0.1) is 0 Å². The highest BCUT2D eigenvalue weighted by atomic mass is 16.5. The number of aryl methyl sites for hydroxylation is 2. The van der Waals surface area contributed by atoms with Gasteiger partial charge in [-0.2, -0.15) is 5.10 Å². The molecule has 20 heavy (non-hydrogen) atoms. The standard InChI is InChI=1S/C14H26N4O2/c1-6-18(7-2)9-8-15-13(14(19)20-5)12-10-17(4)16-11(12)3/h10,13,15H,6-9H2,1-5H3. The predicted molar refractivity (Wildman–Crippen MR) is 78.5 cm³/mol. The monoisotopic (exact) mass is 282 g/mol. The van der Waals surface area contributed by atoms with Crippen molar-refractivity contribution in [3.63, 3.8) is 0 Å². The van der Waals surface area contributed by atoms with Crippen molar-refractivity contribution in [2.75, 3.05) is 33.3 Å². The van der Waals surface area contributed by atoms with Crippen LogP contribution in [0.15, 0.2) is 6.20 Å². The third-order valence-corrected chi connectivity index (χ3v) is 3.47. The summed E-state index contributed by atoms with van der Waals surface area (Å²) in [5.41, 5.74) is 1.72. The van der Waals surface area contributed by atoms with Crippen LogP contribution in [0.5, 0.6) is 0 Å². The zero-order valence-electron chi connectivity index (χ0n) is 13.1. The van der Waals surface area contributed by atoms with Crippen molar-refractivity contribution in [1.29, 1.82) is 0 Å². The Morgan fingerprint density at radius 2 is 2.15 bits per heavy atom. The molecule has 0 aliphatic heterocycles. The molecule has 1 N–H and O–H groups in total. The van der Waals surface area contributed by atoms with Gasteiger partial charge in [0.25, 0.3) is 0 Å². The molecule has 114 valence electrons. The molecule has 1 unspecified atom stereocenters. The second-order valence-electron chi connectivity index (χ2n) is 4.78. The number of esters is 1. The number of carbonyl (C=O) groups excluding carboxylic acids is 1. The van der Waals surface area contributed by atoms with Crippen LogP contribution in [0.3, 0.4) is 0 Å². The molecule has 0 saturated heterocycles. The maximum absolute atomic E-state index is 12.0. The first-order valence-electron chi connectivity index (χ1n) is 7.07. The third kappa shape index (κ3) is 4.31. The van der Waals surface area contributed by atoms with Gasteiger partial charge in [0.1, 0.15) is 6.04 Å². The lowest BCUT2D eigenvalue weighted by molar-refractivity contribution is -0.143. The van der Waals surface area contributed by atoms with Crippen LogP contribution in [0.1, 0.15) is 31.1 Å². The summed E-state index contributed by atoms with van der Waals surface area (Å²) >= 11 is 0. The fraction of sp³-hybridized carbons (Fsp3) is 0.714. The highest BCUT2D eigenvalue weighted by molar-refractivity contribution is 5.77. The van der Waals surface area contributed by atoms with Crippen molar-refractivity contribution in [3.8, 4) is 0 Å². The molecular weight excluding hydrogens is 256 g/mol. The van der Waals surface area contributed by atoms with Crippen LogP contribution in [0.4, 0.5) is 0 Å². The number of hydrogen-bond donors (Lipinski definition) is 1. The van der Waals surface area contributed by atoms with E-state index in [1.165, 1.54) is 7.11 Å². The summed E-state index contributed by atoms with van der Waals surface area (Å²) in [6.45, 7) is 9.81. The summed E-state index contributed by atoms with van der Waals surface area (Å²) in [5.74, 6) is -0.277. The second kappa shape index (κ2) is 8.01. The molecule has 1 aromatic heterocycles. The lowest BCUT2D eigenvalue weighted by atomic mass is 10.1. The molecule has 0 aliphatic rings. The number of likely N-dealkylation sites (N-methyl/N-ethyl adjacent to an activating group) is 1. The Balaban J connectivity index is 2.71. The predicted octanol–water partition coefficient (Wildman–Crippen LogP) is 0.874. The van der Waals surface area contributed by atoms with Crippen molar-refractivity contribution in [2.24, 2.45) is 7.05 Å². The molecule has 0 fully saturated rings. The Labute approximate surface area is 121 Å². The Morgan fingerprint density at radius 3 is 2.60 bits per heavy atom. The molecule has 0 saturated carbocycles. The highest BCUT2D eigenvalue weighted by Crippen LogP contribution is 2.17. The molecule has 1 rings (SSSR count). The van der Waals surface area contributed by atoms with Crippen molar-refractivity contribution in [2.45, 2.75) is 26.8 Å². The average molecular weight is 282 g/mol. The van der Waals surface area contributed by atoms with E-state index < -0.39 is 6.04 Å². The van der Waals surface area contributed by atoms with Crippen LogP contribution in [0.25, 0.3) is 0 Å². The number of nitrogens with zero attached hydrogens (tertiary/aromatic N) is 3. The van der Waals surface area contributed by atoms with Gasteiger partial charge in [0.2, 0.25) is 0 Å². The van der Waals surface area contributed by atoms with Gasteiger partial charge < -0.3 is 9.64 Å². The fourth-order valence-electron chi connectivity index (χ4n) is 2.25. The maximum atomic E-state index is 12.0. The molecule has 0 bridgehead atoms. The van der Waals surface area contributed by atoms with Crippen molar-refractivity contribution in [3.05, 3.63) is 17.5 Å². The number of methoxy groups -OCH3 is 1. The molecular formula is C14H26N4O2. The molecule has 1 aromatic rings. The largest absolute Gasteiger partial charge is 0.468 e. The van der Waals surface area contributed by atoms with E-state index >= 15 is 0 Å². The molecule has 1 heterocycles. The highest BCUT2D eigenvalue weighted by Gasteiger charge is 2.24. The number of ether oxygens (including phenoxy) is 1. The number of carbonyl (C=O) groups is 1. The minimum atomic E-state index is -0.454. The SMILES string of the molecule is CCN(CC)CCNC(C(=O)OC)c1cn(C)nc1C. The van der Waals surface area contributed by atoms with E-state index in [0.717, 1.165) is 37.4 Å². The molecule has 0 amide bonds. The zero-order valence-corrected chi connectivity index (χ0v) is 13.1. The van der Waals surface area contributed by atoms with Crippen molar-refractivity contribution < 1.29 is 9.53 Å². The van der Waals surface area contributed by atoms with Gasteiger partial charge in [-0.3, -0.25) is 10.00 Å². The van der Waals surface area contributed by atoms with Crippen molar-refractivity contribution in [1.82, 2.24) is 20.0 Å². The lowest BCUT2D eigenvalue weighted by Gasteiger charge is -2.21.